The van der Waals surface area contributed by atoms with Crippen molar-refractivity contribution < 1.29 is 14.3 Å². The summed E-state index contributed by atoms with van der Waals surface area (Å²) in [7, 11) is 0. The van der Waals surface area contributed by atoms with Gasteiger partial charge in [0, 0.05) is 24.0 Å². The van der Waals surface area contributed by atoms with Gasteiger partial charge in [0.05, 0.1) is 6.04 Å². The van der Waals surface area contributed by atoms with Gasteiger partial charge in [-0.25, -0.2) is 4.79 Å². The molecule has 0 saturated heterocycles. The van der Waals surface area contributed by atoms with Crippen molar-refractivity contribution in [3.8, 4) is 5.75 Å². The maximum Gasteiger partial charge on any atom is 0.318 e. The Bertz CT molecular complexity index is 884. The van der Waals surface area contributed by atoms with Crippen molar-refractivity contribution in [2.45, 2.75) is 52.6 Å². The summed E-state index contributed by atoms with van der Waals surface area (Å²) in [5, 5.41) is 5.03. The predicted octanol–water partition coefficient (Wildman–Crippen LogP) is 4.72. The third-order valence-electron chi connectivity index (χ3n) is 5.82. The van der Waals surface area contributed by atoms with Gasteiger partial charge in [-0.3, -0.25) is 4.79 Å². The van der Waals surface area contributed by atoms with Crippen molar-refractivity contribution in [3.63, 3.8) is 0 Å². The molecule has 0 unspecified atom stereocenters. The van der Waals surface area contributed by atoms with E-state index in [0.717, 1.165) is 24.2 Å². The molecule has 6 nitrogen and oxygen atoms in total. The van der Waals surface area contributed by atoms with Crippen molar-refractivity contribution in [2.75, 3.05) is 26.2 Å². The summed E-state index contributed by atoms with van der Waals surface area (Å²) >= 11 is 1.73. The van der Waals surface area contributed by atoms with Crippen LogP contribution in [-0.4, -0.2) is 54.0 Å². The average molecular weight is 458 g/mol. The highest BCUT2D eigenvalue weighted by molar-refractivity contribution is 7.10. The van der Waals surface area contributed by atoms with Gasteiger partial charge in [-0.2, -0.15) is 0 Å². The molecular formula is C25H35N3O3S. The van der Waals surface area contributed by atoms with Crippen molar-refractivity contribution in [2.24, 2.45) is 5.92 Å². The third-order valence-corrected chi connectivity index (χ3v) is 6.82. The van der Waals surface area contributed by atoms with Crippen LogP contribution in [0.5, 0.6) is 5.75 Å². The van der Waals surface area contributed by atoms with Gasteiger partial charge in [-0.1, -0.05) is 38.5 Å². The Morgan fingerprint density at radius 1 is 1.22 bits per heavy atom. The van der Waals surface area contributed by atoms with E-state index in [1.54, 1.807) is 16.2 Å². The number of urea groups is 1. The molecule has 0 bridgehead atoms. The fraction of sp³-hybridized carbons (Fsp3) is 0.520. The number of hydrogen-bond acceptors (Lipinski definition) is 4. The lowest BCUT2D eigenvalue weighted by Crippen LogP contribution is -2.51. The van der Waals surface area contributed by atoms with Gasteiger partial charge in [-0.15, -0.1) is 11.3 Å². The number of carbonyl (C=O) groups is 2. The van der Waals surface area contributed by atoms with Crippen LogP contribution in [0, 0.1) is 5.92 Å². The van der Waals surface area contributed by atoms with Crippen LogP contribution >= 0.6 is 11.3 Å². The van der Waals surface area contributed by atoms with Crippen LogP contribution in [0.2, 0.25) is 0 Å². The second-order valence-electron chi connectivity index (χ2n) is 8.77. The maximum absolute atomic E-state index is 13.5. The Morgan fingerprint density at radius 2 is 1.97 bits per heavy atom. The minimum Gasteiger partial charge on any atom is -0.491 e. The van der Waals surface area contributed by atoms with Crippen LogP contribution in [0.3, 0.4) is 0 Å². The van der Waals surface area contributed by atoms with E-state index in [2.05, 4.69) is 30.6 Å². The zero-order valence-electron chi connectivity index (χ0n) is 19.5. The monoisotopic (exact) mass is 457 g/mol. The first-order valence-corrected chi connectivity index (χ1v) is 12.4. The molecule has 174 valence electrons. The quantitative estimate of drug-likeness (QED) is 0.593. The van der Waals surface area contributed by atoms with Crippen molar-refractivity contribution >= 4 is 23.3 Å². The number of benzene rings is 1. The first kappa shape index (κ1) is 24.1. The molecule has 3 rings (SSSR count). The van der Waals surface area contributed by atoms with Gasteiger partial charge in [-0.05, 0) is 55.3 Å². The number of carbonyl (C=O) groups excluding carboxylic acids is 2. The molecule has 0 saturated carbocycles. The van der Waals surface area contributed by atoms with E-state index >= 15 is 0 Å². The molecule has 1 aromatic heterocycles. The zero-order chi connectivity index (χ0) is 23.1. The van der Waals surface area contributed by atoms with Crippen LogP contribution in [-0.2, 0) is 11.2 Å². The molecule has 3 amide bonds. The zero-order valence-corrected chi connectivity index (χ0v) is 20.4. The SMILES string of the molecule is CC[C@H](C)CN(CC(=O)N1CCc2sccc2[C@H]1COc1ccccc1)C(=O)NC(C)C. The van der Waals surface area contributed by atoms with E-state index in [4.69, 9.17) is 4.74 Å². The van der Waals surface area contributed by atoms with Gasteiger partial charge in [0.25, 0.3) is 0 Å². The normalized spacial score (nSPS) is 16.4. The number of amides is 3. The summed E-state index contributed by atoms with van der Waals surface area (Å²) in [5.41, 5.74) is 1.16. The molecule has 0 fully saturated rings. The highest BCUT2D eigenvalue weighted by Gasteiger charge is 2.33. The summed E-state index contributed by atoms with van der Waals surface area (Å²) in [6.07, 6.45) is 1.79. The molecule has 2 aromatic rings. The summed E-state index contributed by atoms with van der Waals surface area (Å²) in [5.74, 6) is 1.07. The van der Waals surface area contributed by atoms with Crippen LogP contribution in [0.25, 0.3) is 0 Å². The van der Waals surface area contributed by atoms with E-state index in [9.17, 15) is 9.59 Å². The summed E-state index contributed by atoms with van der Waals surface area (Å²) in [6, 6.07) is 11.5. The van der Waals surface area contributed by atoms with E-state index in [-0.39, 0.29) is 30.6 Å². The number of para-hydroxylation sites is 1. The molecule has 2 heterocycles. The molecule has 0 radical (unpaired) electrons. The first-order valence-electron chi connectivity index (χ1n) is 11.5. The maximum atomic E-state index is 13.5. The first-order chi connectivity index (χ1) is 15.4. The molecule has 1 aliphatic rings. The second-order valence-corrected chi connectivity index (χ2v) is 9.77. The smallest absolute Gasteiger partial charge is 0.318 e. The molecule has 1 aromatic carbocycles. The average Bonchev–Trinajstić information content (AvgIpc) is 3.26. The lowest BCUT2D eigenvalue weighted by molar-refractivity contribution is -0.135. The Kier molecular flexibility index (Phi) is 8.56. The lowest BCUT2D eigenvalue weighted by atomic mass is 10.00. The Balaban J connectivity index is 1.75. The molecule has 1 aliphatic heterocycles. The van der Waals surface area contributed by atoms with Crippen LogP contribution in [0.1, 0.15) is 50.6 Å². The van der Waals surface area contributed by atoms with Gasteiger partial charge >= 0.3 is 6.03 Å². The third kappa shape index (κ3) is 6.25. The van der Waals surface area contributed by atoms with Crippen molar-refractivity contribution in [1.82, 2.24) is 15.1 Å². The predicted molar refractivity (Wildman–Crippen MR) is 129 cm³/mol. The summed E-state index contributed by atoms with van der Waals surface area (Å²) in [6.45, 7) is 9.73. The second kappa shape index (κ2) is 11.4. The molecule has 2 atom stereocenters. The Hall–Kier alpha value is -2.54. The lowest BCUT2D eigenvalue weighted by Gasteiger charge is -2.37. The number of ether oxygens (including phenoxy) is 1. The Morgan fingerprint density at radius 3 is 2.66 bits per heavy atom. The molecule has 32 heavy (non-hydrogen) atoms. The summed E-state index contributed by atoms with van der Waals surface area (Å²) < 4.78 is 6.06. The molecule has 7 heteroatoms. The minimum absolute atomic E-state index is 0.0207. The highest BCUT2D eigenvalue weighted by atomic mass is 32.1. The molecule has 1 N–H and O–H groups in total. The molecule has 0 aliphatic carbocycles. The van der Waals surface area contributed by atoms with E-state index < -0.39 is 0 Å². The number of rotatable bonds is 9. The van der Waals surface area contributed by atoms with E-state index in [1.165, 1.54) is 4.88 Å². The van der Waals surface area contributed by atoms with E-state index in [0.29, 0.717) is 25.6 Å². The van der Waals surface area contributed by atoms with Gasteiger partial charge in [0.1, 0.15) is 18.9 Å². The number of fused-ring (bicyclic) bond motifs is 1. The van der Waals surface area contributed by atoms with E-state index in [1.807, 2.05) is 49.1 Å². The Labute approximate surface area is 195 Å². The van der Waals surface area contributed by atoms with Gasteiger partial charge in [0.15, 0.2) is 0 Å². The van der Waals surface area contributed by atoms with Crippen molar-refractivity contribution in [3.05, 3.63) is 52.2 Å². The van der Waals surface area contributed by atoms with Gasteiger partial charge < -0.3 is 19.9 Å². The standard InChI is InChI=1S/C25H35N3O3S/c1-5-19(4)15-27(25(30)26-18(2)3)16-24(29)28-13-11-23-21(12-14-32-23)22(28)17-31-20-9-7-6-8-10-20/h6-10,12,14,18-19,22H,5,11,13,15-17H2,1-4H3,(H,26,30)/t19-,22+/m0/s1. The number of thiophene rings is 1. The fourth-order valence-electron chi connectivity index (χ4n) is 3.88. The largest absolute Gasteiger partial charge is 0.491 e. The van der Waals surface area contributed by atoms with Crippen molar-refractivity contribution in [1.29, 1.82) is 0 Å². The number of nitrogens with zero attached hydrogens (tertiary/aromatic N) is 2. The van der Waals surface area contributed by atoms with Crippen LogP contribution < -0.4 is 10.1 Å². The number of hydrogen-bond donors (Lipinski definition) is 1. The number of nitrogens with one attached hydrogen (secondary N) is 1. The molecule has 0 spiro atoms. The fourth-order valence-corrected chi connectivity index (χ4v) is 4.81. The molecular weight excluding hydrogens is 422 g/mol. The van der Waals surface area contributed by atoms with Gasteiger partial charge in [0.2, 0.25) is 5.91 Å². The minimum atomic E-state index is -0.182. The van der Waals surface area contributed by atoms with Crippen LogP contribution in [0.4, 0.5) is 4.79 Å². The van der Waals surface area contributed by atoms with Crippen LogP contribution in [0.15, 0.2) is 41.8 Å². The topological polar surface area (TPSA) is 61.9 Å². The highest BCUT2D eigenvalue weighted by Crippen LogP contribution is 2.34. The summed E-state index contributed by atoms with van der Waals surface area (Å²) in [4.78, 5) is 31.1.